The van der Waals surface area contributed by atoms with Crippen LogP contribution in [0.2, 0.25) is 0 Å². The number of Topliss-reactive ketones (excluding diaryl/α,β-unsaturated/α-hetero) is 1. The van der Waals surface area contributed by atoms with E-state index in [0.717, 1.165) is 24.0 Å². The van der Waals surface area contributed by atoms with Gasteiger partial charge in [-0.2, -0.15) is 9.94 Å². The number of ketones is 1. The predicted molar refractivity (Wildman–Crippen MR) is 245 cm³/mol. The Balaban J connectivity index is 1.09. The average Bonchev–Trinajstić information content (AvgIpc) is 4.05. The lowest BCUT2D eigenvalue weighted by Crippen LogP contribution is -2.58. The Morgan fingerprint density at radius 1 is 0.896 bits per heavy atom. The number of nitrogens with one attached hydrogen (secondary N) is 2. The lowest BCUT2D eigenvalue weighted by molar-refractivity contribution is -0.126. The van der Waals surface area contributed by atoms with Crippen LogP contribution in [0, 0.1) is 23.7 Å². The van der Waals surface area contributed by atoms with Crippen LogP contribution >= 0.6 is 0 Å². The first-order valence-corrected chi connectivity index (χ1v) is 22.3. The number of nitrogens with zero attached hydrogens (tertiary/aromatic N) is 7. The van der Waals surface area contributed by atoms with E-state index in [2.05, 4.69) is 37.4 Å². The summed E-state index contributed by atoms with van der Waals surface area (Å²) in [7, 11) is 1.42. The number of aromatic nitrogens is 5. The number of rotatable bonds is 30. The van der Waals surface area contributed by atoms with E-state index < -0.39 is 43.0 Å². The van der Waals surface area contributed by atoms with E-state index in [-0.39, 0.29) is 42.6 Å². The number of aliphatic hydroxyl groups is 3. The first-order chi connectivity index (χ1) is 32.7. The second kappa shape index (κ2) is 27.5. The molecular formula is C47H61N9O11. The number of aromatic amines is 1. The van der Waals surface area contributed by atoms with Gasteiger partial charge in [0.2, 0.25) is 5.82 Å². The third-order valence-corrected chi connectivity index (χ3v) is 11.3. The SMILES string of the molecule is C#CCOCCCCOCCOCCOCCCN(CCCNC(=O)c1ncn(-c2ncc(OC)c3c(C(=O)C(=O)N4CCC(=C(C#N)c5ccccc5)CC4)c[nH]c23)n1)C(CO)(CO)CO. The molecule has 0 bridgehead atoms. The Morgan fingerprint density at radius 2 is 1.54 bits per heavy atom. The molecule has 360 valence electrons. The van der Waals surface area contributed by atoms with Crippen LogP contribution in [0.15, 0.2) is 54.6 Å². The molecule has 67 heavy (non-hydrogen) atoms. The molecule has 1 fully saturated rings. The van der Waals surface area contributed by atoms with Gasteiger partial charge in [-0.15, -0.1) is 11.5 Å². The number of benzene rings is 1. The Hall–Kier alpha value is -6.07. The number of unbranched alkanes of at least 4 members (excludes halogenated alkanes) is 1. The topological polar surface area (TPSA) is 260 Å². The number of ether oxygens (including phenoxy) is 5. The van der Waals surface area contributed by atoms with Crippen LogP contribution < -0.4 is 10.1 Å². The summed E-state index contributed by atoms with van der Waals surface area (Å²) >= 11 is 0. The summed E-state index contributed by atoms with van der Waals surface area (Å²) in [5.41, 5.74) is 1.45. The van der Waals surface area contributed by atoms with Crippen molar-refractivity contribution in [3.63, 3.8) is 0 Å². The van der Waals surface area contributed by atoms with E-state index in [4.69, 9.17) is 30.1 Å². The highest BCUT2D eigenvalue weighted by atomic mass is 16.5. The van der Waals surface area contributed by atoms with Crippen molar-refractivity contribution in [1.29, 1.82) is 5.26 Å². The maximum Gasteiger partial charge on any atom is 0.295 e. The minimum Gasteiger partial charge on any atom is -0.494 e. The second-order valence-corrected chi connectivity index (χ2v) is 15.6. The van der Waals surface area contributed by atoms with E-state index in [1.807, 2.05) is 30.3 Å². The number of likely N-dealkylation sites (tertiary alicyclic amines) is 1. The number of amides is 2. The van der Waals surface area contributed by atoms with Crippen LogP contribution in [-0.4, -0.2) is 185 Å². The van der Waals surface area contributed by atoms with Gasteiger partial charge < -0.3 is 54.2 Å². The first kappa shape index (κ1) is 51.9. The number of piperidine rings is 1. The molecule has 1 aliphatic rings. The average molecular weight is 928 g/mol. The molecule has 0 spiro atoms. The van der Waals surface area contributed by atoms with Crippen molar-refractivity contribution in [1.82, 2.24) is 39.8 Å². The number of hydrogen-bond acceptors (Lipinski definition) is 16. The normalized spacial score (nSPS) is 12.9. The number of carbonyl (C=O) groups excluding carboxylic acids is 3. The number of allylic oxidation sites excluding steroid dienone is 1. The molecule has 5 N–H and O–H groups in total. The van der Waals surface area contributed by atoms with Crippen molar-refractivity contribution in [2.24, 2.45) is 0 Å². The summed E-state index contributed by atoms with van der Waals surface area (Å²) in [6.07, 6.45) is 12.9. The van der Waals surface area contributed by atoms with E-state index in [1.165, 1.54) is 35.4 Å². The lowest BCUT2D eigenvalue weighted by Gasteiger charge is -2.40. The summed E-state index contributed by atoms with van der Waals surface area (Å²) in [6.45, 7) is 3.62. The zero-order chi connectivity index (χ0) is 47.9. The Morgan fingerprint density at radius 3 is 2.18 bits per heavy atom. The molecule has 0 saturated carbocycles. The van der Waals surface area contributed by atoms with Crippen molar-refractivity contribution < 1.29 is 53.4 Å². The van der Waals surface area contributed by atoms with Gasteiger partial charge in [0.05, 0.1) is 93.2 Å². The fourth-order valence-electron chi connectivity index (χ4n) is 7.55. The zero-order valence-electron chi connectivity index (χ0n) is 38.0. The molecule has 20 nitrogen and oxygen atoms in total. The maximum absolute atomic E-state index is 13.8. The minimum atomic E-state index is -1.28. The molecular weight excluding hydrogens is 867 g/mol. The molecule has 1 aliphatic heterocycles. The highest BCUT2D eigenvalue weighted by molar-refractivity contribution is 6.45. The number of fused-ring (bicyclic) bond motifs is 1. The van der Waals surface area contributed by atoms with Gasteiger partial charge in [-0.1, -0.05) is 36.3 Å². The third-order valence-electron chi connectivity index (χ3n) is 11.3. The molecule has 3 aromatic heterocycles. The van der Waals surface area contributed by atoms with Crippen LogP contribution in [0.4, 0.5) is 0 Å². The maximum atomic E-state index is 13.8. The number of aliphatic hydroxyl groups excluding tert-OH is 3. The fraction of sp³-hybridized carbons (Fsp3) is 0.511. The molecule has 1 aromatic carbocycles. The number of terminal acetylenes is 1. The number of nitriles is 1. The minimum absolute atomic E-state index is 0.0743. The zero-order valence-corrected chi connectivity index (χ0v) is 38.0. The lowest BCUT2D eigenvalue weighted by atomic mass is 9.93. The van der Waals surface area contributed by atoms with Gasteiger partial charge >= 0.3 is 0 Å². The molecule has 4 aromatic rings. The van der Waals surface area contributed by atoms with Gasteiger partial charge in [-0.3, -0.25) is 19.3 Å². The number of carbonyl (C=O) groups is 3. The van der Waals surface area contributed by atoms with E-state index in [0.29, 0.717) is 108 Å². The largest absolute Gasteiger partial charge is 0.494 e. The summed E-state index contributed by atoms with van der Waals surface area (Å²) in [4.78, 5) is 55.5. The highest BCUT2D eigenvalue weighted by Gasteiger charge is 2.35. The number of pyridine rings is 1. The van der Waals surface area contributed by atoms with Gasteiger partial charge in [0, 0.05) is 58.7 Å². The Kier molecular flexibility index (Phi) is 21.3. The van der Waals surface area contributed by atoms with Crippen molar-refractivity contribution in [2.75, 3.05) is 113 Å². The molecule has 1 saturated heterocycles. The molecule has 20 heteroatoms. The quantitative estimate of drug-likeness (QED) is 0.0165. The third kappa shape index (κ3) is 14.2. The first-order valence-electron chi connectivity index (χ1n) is 22.3. The van der Waals surface area contributed by atoms with Gasteiger partial charge in [-0.05, 0) is 49.7 Å². The number of methoxy groups -OCH3 is 1. The Labute approximate surface area is 389 Å². The highest BCUT2D eigenvalue weighted by Crippen LogP contribution is 2.33. The Bertz CT molecular complexity index is 2300. The molecule has 0 atom stereocenters. The van der Waals surface area contributed by atoms with Crippen LogP contribution in [-0.2, 0) is 23.7 Å². The van der Waals surface area contributed by atoms with Gasteiger partial charge in [0.15, 0.2) is 5.82 Å². The smallest absolute Gasteiger partial charge is 0.295 e. The fourth-order valence-corrected chi connectivity index (χ4v) is 7.55. The summed E-state index contributed by atoms with van der Waals surface area (Å²) in [6, 6.07) is 11.7. The monoisotopic (exact) mass is 927 g/mol. The van der Waals surface area contributed by atoms with Crippen LogP contribution in [0.25, 0.3) is 22.3 Å². The summed E-state index contributed by atoms with van der Waals surface area (Å²) < 4.78 is 28.8. The number of hydrogen-bond donors (Lipinski definition) is 5. The standard InChI is InChI=1S/C47H61N9O11/c1-3-20-64-21-7-8-22-65-24-26-67-27-25-66-23-10-17-55(47(31-57,32-58)33-59)16-9-15-49-45(61)43-52-34-56(53-43)44-41-40(39(63-2)30-51-44)38(29-50-41)42(60)46(62)54-18-13-36(14-19-54)37(28-48)35-11-5-4-6-12-35/h1,4-6,11-12,29-30,34,50,57-59H,7-10,13-27,31-33H2,2H3,(H,49,61). The molecule has 0 radical (unpaired) electrons. The summed E-state index contributed by atoms with van der Waals surface area (Å²) in [5, 5.41) is 47.8. The number of H-pyrrole nitrogens is 1. The van der Waals surface area contributed by atoms with E-state index in [1.54, 1.807) is 4.90 Å². The van der Waals surface area contributed by atoms with Crippen molar-refractivity contribution in [3.05, 3.63) is 71.6 Å². The van der Waals surface area contributed by atoms with Gasteiger partial charge in [0.1, 0.15) is 18.7 Å². The summed E-state index contributed by atoms with van der Waals surface area (Å²) in [5.74, 6) is 0.695. The predicted octanol–water partition coefficient (Wildman–Crippen LogP) is 1.94. The molecule has 0 unspecified atom stereocenters. The van der Waals surface area contributed by atoms with Crippen molar-refractivity contribution in [3.8, 4) is 30.0 Å². The van der Waals surface area contributed by atoms with Crippen molar-refractivity contribution in [2.45, 2.75) is 44.1 Å². The van der Waals surface area contributed by atoms with Crippen LogP contribution in [0.1, 0.15) is 65.1 Å². The molecule has 2 amide bonds. The van der Waals surface area contributed by atoms with Crippen LogP contribution in [0.3, 0.4) is 0 Å². The van der Waals surface area contributed by atoms with E-state index in [9.17, 15) is 35.0 Å². The van der Waals surface area contributed by atoms with Gasteiger partial charge in [0.25, 0.3) is 17.6 Å². The van der Waals surface area contributed by atoms with Gasteiger partial charge in [-0.25, -0.2) is 9.97 Å². The molecule has 4 heterocycles. The van der Waals surface area contributed by atoms with E-state index >= 15 is 0 Å². The van der Waals surface area contributed by atoms with Crippen LogP contribution in [0.5, 0.6) is 5.75 Å². The molecule has 0 aliphatic carbocycles. The van der Waals surface area contributed by atoms with Crippen molar-refractivity contribution >= 4 is 34.1 Å². The second-order valence-electron chi connectivity index (χ2n) is 15.6. The molecule has 5 rings (SSSR count).